The molecule has 21 heavy (non-hydrogen) atoms. The molecule has 0 unspecified atom stereocenters. The van der Waals surface area contributed by atoms with E-state index >= 15 is 0 Å². The lowest BCUT2D eigenvalue weighted by molar-refractivity contribution is 0.268. The minimum atomic E-state index is 0.368. The zero-order chi connectivity index (χ0) is 15.2. The fourth-order valence-electron chi connectivity index (χ4n) is 1.88. The van der Waals surface area contributed by atoms with Crippen molar-refractivity contribution in [2.75, 3.05) is 6.54 Å². The second kappa shape index (κ2) is 7.87. The summed E-state index contributed by atoms with van der Waals surface area (Å²) in [4.78, 5) is 0. The van der Waals surface area contributed by atoms with Crippen LogP contribution >= 0.6 is 27.5 Å². The van der Waals surface area contributed by atoms with Gasteiger partial charge in [-0.1, -0.05) is 41.4 Å². The molecule has 1 aromatic heterocycles. The molecule has 0 bridgehead atoms. The summed E-state index contributed by atoms with van der Waals surface area (Å²) in [5.41, 5.74) is 1.11. The number of ether oxygens (including phenoxy) is 1. The molecular weight excluding hydrogens is 354 g/mol. The van der Waals surface area contributed by atoms with Gasteiger partial charge in [0.25, 0.3) is 0 Å². The van der Waals surface area contributed by atoms with Crippen molar-refractivity contribution in [3.05, 3.63) is 51.3 Å². The van der Waals surface area contributed by atoms with Crippen LogP contribution in [0.4, 0.5) is 0 Å². The van der Waals surface area contributed by atoms with Gasteiger partial charge in [-0.3, -0.25) is 0 Å². The Labute approximate surface area is 138 Å². The molecule has 3 nitrogen and oxygen atoms in total. The molecule has 5 heteroatoms. The molecule has 0 fully saturated rings. The third kappa shape index (κ3) is 5.06. The second-order valence-corrected chi connectivity index (χ2v) is 6.58. The summed E-state index contributed by atoms with van der Waals surface area (Å²) < 4.78 is 12.1. The maximum absolute atomic E-state index is 6.13. The molecule has 2 rings (SSSR count). The maximum atomic E-state index is 6.13. The molecule has 1 aromatic carbocycles. The summed E-state index contributed by atoms with van der Waals surface area (Å²) >= 11 is 9.50. The first kappa shape index (κ1) is 16.4. The van der Waals surface area contributed by atoms with Crippen LogP contribution in [0.15, 0.2) is 39.4 Å². The molecule has 0 saturated carbocycles. The lowest BCUT2D eigenvalue weighted by Crippen LogP contribution is -2.19. The lowest BCUT2D eigenvalue weighted by atomic mass is 10.2. The Morgan fingerprint density at radius 1 is 1.33 bits per heavy atom. The average Bonchev–Trinajstić information content (AvgIpc) is 2.85. The number of nitrogens with one attached hydrogen (secondary N) is 1. The zero-order valence-electron chi connectivity index (χ0n) is 12.2. The van der Waals surface area contributed by atoms with Crippen molar-refractivity contribution in [1.29, 1.82) is 0 Å². The molecule has 0 aliphatic heterocycles. The first-order valence-electron chi connectivity index (χ1n) is 6.90. The minimum absolute atomic E-state index is 0.368. The van der Waals surface area contributed by atoms with Crippen LogP contribution in [0.2, 0.25) is 5.02 Å². The molecular formula is C16H19BrClNO2. The van der Waals surface area contributed by atoms with Crippen LogP contribution in [0.3, 0.4) is 0 Å². The van der Waals surface area contributed by atoms with Crippen molar-refractivity contribution in [3.8, 4) is 5.75 Å². The van der Waals surface area contributed by atoms with Crippen LogP contribution in [0.25, 0.3) is 0 Å². The third-order valence-electron chi connectivity index (χ3n) is 2.96. The molecule has 1 heterocycles. The highest BCUT2D eigenvalue weighted by Gasteiger charge is 2.09. The van der Waals surface area contributed by atoms with Crippen molar-refractivity contribution in [3.63, 3.8) is 0 Å². The average molecular weight is 373 g/mol. The van der Waals surface area contributed by atoms with Gasteiger partial charge >= 0.3 is 0 Å². The summed E-state index contributed by atoms with van der Waals surface area (Å²) in [6.45, 7) is 6.49. The van der Waals surface area contributed by atoms with Crippen LogP contribution in [-0.4, -0.2) is 6.54 Å². The highest BCUT2D eigenvalue weighted by atomic mass is 79.9. The largest absolute Gasteiger partial charge is 0.484 e. The third-order valence-corrected chi connectivity index (χ3v) is 3.75. The Morgan fingerprint density at radius 3 is 2.86 bits per heavy atom. The topological polar surface area (TPSA) is 34.4 Å². The normalized spacial score (nSPS) is 11.1. The quantitative estimate of drug-likeness (QED) is 0.741. The van der Waals surface area contributed by atoms with E-state index in [1.54, 1.807) is 6.26 Å². The Morgan fingerprint density at radius 2 is 2.14 bits per heavy atom. The predicted octanol–water partition coefficient (Wildman–Crippen LogP) is 5.02. The van der Waals surface area contributed by atoms with E-state index in [1.807, 2.05) is 24.3 Å². The highest BCUT2D eigenvalue weighted by molar-refractivity contribution is 9.10. The number of hydrogen-bond acceptors (Lipinski definition) is 3. The fraction of sp³-hybridized carbons (Fsp3) is 0.375. The Bertz CT molecular complexity index is 583. The van der Waals surface area contributed by atoms with Gasteiger partial charge in [0, 0.05) is 16.6 Å². The first-order chi connectivity index (χ1) is 10.1. The molecule has 0 radical (unpaired) electrons. The van der Waals surface area contributed by atoms with Crippen molar-refractivity contribution in [2.45, 2.75) is 27.0 Å². The van der Waals surface area contributed by atoms with Gasteiger partial charge in [0.15, 0.2) is 0 Å². The van der Waals surface area contributed by atoms with E-state index in [4.69, 9.17) is 20.8 Å². The monoisotopic (exact) mass is 371 g/mol. The molecule has 0 atom stereocenters. The van der Waals surface area contributed by atoms with Crippen LogP contribution in [0.5, 0.6) is 5.75 Å². The molecule has 0 aliphatic rings. The summed E-state index contributed by atoms with van der Waals surface area (Å²) in [6.07, 6.45) is 1.69. The van der Waals surface area contributed by atoms with E-state index in [2.05, 4.69) is 35.1 Å². The number of rotatable bonds is 7. The lowest BCUT2D eigenvalue weighted by Gasteiger charge is -2.09. The van der Waals surface area contributed by atoms with Crippen molar-refractivity contribution < 1.29 is 9.15 Å². The standard InChI is InChI=1S/C16H19BrClNO2/c1-11(2)8-19-9-12-5-6-20-16(12)10-21-15-4-3-13(17)7-14(15)18/h3-7,11,19H,8-10H2,1-2H3. The van der Waals surface area contributed by atoms with E-state index in [1.165, 1.54) is 0 Å². The van der Waals surface area contributed by atoms with Gasteiger partial charge in [-0.25, -0.2) is 0 Å². The van der Waals surface area contributed by atoms with Crippen LogP contribution < -0.4 is 10.1 Å². The molecule has 0 amide bonds. The molecule has 114 valence electrons. The summed E-state index contributed by atoms with van der Waals surface area (Å²) in [5.74, 6) is 2.10. The molecule has 2 aromatic rings. The second-order valence-electron chi connectivity index (χ2n) is 5.26. The van der Waals surface area contributed by atoms with Crippen molar-refractivity contribution >= 4 is 27.5 Å². The SMILES string of the molecule is CC(C)CNCc1ccoc1COc1ccc(Br)cc1Cl. The Balaban J connectivity index is 1.92. The van der Waals surface area contributed by atoms with Crippen molar-refractivity contribution in [2.24, 2.45) is 5.92 Å². The van der Waals surface area contributed by atoms with Gasteiger partial charge in [0.2, 0.25) is 0 Å². The van der Waals surface area contributed by atoms with E-state index in [-0.39, 0.29) is 0 Å². The van der Waals surface area contributed by atoms with E-state index in [0.717, 1.165) is 28.9 Å². The number of halogens is 2. The van der Waals surface area contributed by atoms with Crippen LogP contribution in [-0.2, 0) is 13.2 Å². The van der Waals surface area contributed by atoms with Gasteiger partial charge in [0.05, 0.1) is 11.3 Å². The van der Waals surface area contributed by atoms with Gasteiger partial charge < -0.3 is 14.5 Å². The van der Waals surface area contributed by atoms with E-state index < -0.39 is 0 Å². The van der Waals surface area contributed by atoms with Gasteiger partial charge in [0.1, 0.15) is 18.1 Å². The van der Waals surface area contributed by atoms with Gasteiger partial charge in [-0.2, -0.15) is 0 Å². The summed E-state index contributed by atoms with van der Waals surface area (Å²) in [7, 11) is 0. The van der Waals surface area contributed by atoms with Crippen molar-refractivity contribution in [1.82, 2.24) is 5.32 Å². The molecule has 1 N–H and O–H groups in total. The number of furan rings is 1. The molecule has 0 saturated heterocycles. The smallest absolute Gasteiger partial charge is 0.146 e. The number of hydrogen-bond donors (Lipinski definition) is 1. The summed E-state index contributed by atoms with van der Waals surface area (Å²) in [5, 5.41) is 3.98. The van der Waals surface area contributed by atoms with Gasteiger partial charge in [-0.05, 0) is 36.7 Å². The summed E-state index contributed by atoms with van der Waals surface area (Å²) in [6, 6.07) is 7.51. The van der Waals surface area contributed by atoms with Gasteiger partial charge in [-0.15, -0.1) is 0 Å². The maximum Gasteiger partial charge on any atom is 0.146 e. The van der Waals surface area contributed by atoms with Crippen LogP contribution in [0, 0.1) is 5.92 Å². The highest BCUT2D eigenvalue weighted by Crippen LogP contribution is 2.28. The molecule has 0 aliphatic carbocycles. The minimum Gasteiger partial charge on any atom is -0.484 e. The van der Waals surface area contributed by atoms with E-state index in [9.17, 15) is 0 Å². The zero-order valence-corrected chi connectivity index (χ0v) is 14.5. The molecule has 0 spiro atoms. The number of benzene rings is 1. The first-order valence-corrected chi connectivity index (χ1v) is 8.07. The van der Waals surface area contributed by atoms with Crippen LogP contribution in [0.1, 0.15) is 25.2 Å². The Hall–Kier alpha value is -0.970. The fourth-order valence-corrected chi connectivity index (χ4v) is 2.61. The van der Waals surface area contributed by atoms with E-state index in [0.29, 0.717) is 23.3 Å². The predicted molar refractivity (Wildman–Crippen MR) is 88.7 cm³/mol. The Kier molecular flexibility index (Phi) is 6.15.